The molecule has 1 amide bonds. The Morgan fingerprint density at radius 1 is 1.65 bits per heavy atom. The molecular formula is C13H19N3O4. The van der Waals surface area contributed by atoms with Gasteiger partial charge in [0.1, 0.15) is 11.8 Å². The highest BCUT2D eigenvalue weighted by Crippen LogP contribution is 2.12. The quantitative estimate of drug-likeness (QED) is 0.693. The zero-order chi connectivity index (χ0) is 14.5. The lowest BCUT2D eigenvalue weighted by Gasteiger charge is -2.32. The molecule has 20 heavy (non-hydrogen) atoms. The Balaban J connectivity index is 1.88. The van der Waals surface area contributed by atoms with Crippen LogP contribution in [0.3, 0.4) is 0 Å². The van der Waals surface area contributed by atoms with E-state index in [-0.39, 0.29) is 18.5 Å². The van der Waals surface area contributed by atoms with Crippen molar-refractivity contribution < 1.29 is 19.1 Å². The fourth-order valence-electron chi connectivity index (χ4n) is 2.26. The van der Waals surface area contributed by atoms with Crippen LogP contribution < -0.4 is 10.6 Å². The Morgan fingerprint density at radius 2 is 2.45 bits per heavy atom. The molecule has 0 aliphatic carbocycles. The molecule has 1 aromatic heterocycles. The summed E-state index contributed by atoms with van der Waals surface area (Å²) in [6, 6.07) is 2.65. The summed E-state index contributed by atoms with van der Waals surface area (Å²) >= 11 is 0. The van der Waals surface area contributed by atoms with Crippen molar-refractivity contribution in [2.24, 2.45) is 0 Å². The maximum atomic E-state index is 12.0. The van der Waals surface area contributed by atoms with Crippen molar-refractivity contribution in [3.05, 3.63) is 24.2 Å². The van der Waals surface area contributed by atoms with Gasteiger partial charge in [-0.1, -0.05) is 0 Å². The second kappa shape index (κ2) is 6.53. The largest absolute Gasteiger partial charge is 0.480 e. The van der Waals surface area contributed by atoms with Gasteiger partial charge in [0, 0.05) is 19.6 Å². The number of rotatable bonds is 5. The number of aliphatic carboxylic acids is 1. The van der Waals surface area contributed by atoms with Gasteiger partial charge < -0.3 is 20.2 Å². The predicted octanol–water partition coefficient (Wildman–Crippen LogP) is -0.185. The van der Waals surface area contributed by atoms with Gasteiger partial charge in [0.25, 0.3) is 0 Å². The first-order valence-electron chi connectivity index (χ1n) is 6.58. The Kier molecular flexibility index (Phi) is 4.75. The van der Waals surface area contributed by atoms with Gasteiger partial charge in [0.05, 0.1) is 18.8 Å². The van der Waals surface area contributed by atoms with E-state index in [1.165, 1.54) is 0 Å². The molecule has 0 spiro atoms. The number of hydrogen-bond donors (Lipinski definition) is 3. The summed E-state index contributed by atoms with van der Waals surface area (Å²) in [7, 11) is 0. The van der Waals surface area contributed by atoms with Crippen molar-refractivity contribution in [1.29, 1.82) is 0 Å². The van der Waals surface area contributed by atoms with Crippen LogP contribution in [0, 0.1) is 0 Å². The van der Waals surface area contributed by atoms with E-state index in [1.807, 2.05) is 6.92 Å². The normalized spacial score (nSPS) is 21.4. The molecule has 0 radical (unpaired) electrons. The van der Waals surface area contributed by atoms with Crippen LogP contribution >= 0.6 is 0 Å². The van der Waals surface area contributed by atoms with E-state index in [0.717, 1.165) is 0 Å². The molecule has 7 heteroatoms. The topological polar surface area (TPSA) is 94.8 Å². The number of amides is 1. The molecule has 2 unspecified atom stereocenters. The fraction of sp³-hybridized carbons (Fsp3) is 0.538. The van der Waals surface area contributed by atoms with Gasteiger partial charge in [0.2, 0.25) is 5.91 Å². The van der Waals surface area contributed by atoms with Gasteiger partial charge in [0.15, 0.2) is 0 Å². The molecule has 1 fully saturated rings. The molecule has 2 rings (SSSR count). The third-order valence-corrected chi connectivity index (χ3v) is 3.33. The smallest absolute Gasteiger partial charge is 0.322 e. The minimum atomic E-state index is -0.913. The number of carboxylic acid groups (broad SMARTS) is 1. The summed E-state index contributed by atoms with van der Waals surface area (Å²) in [5.74, 6) is -0.445. The first-order chi connectivity index (χ1) is 9.58. The molecule has 1 aliphatic rings. The van der Waals surface area contributed by atoms with Crippen molar-refractivity contribution in [3.8, 4) is 0 Å². The van der Waals surface area contributed by atoms with Crippen LogP contribution in [-0.2, 0) is 9.59 Å². The van der Waals surface area contributed by atoms with Crippen molar-refractivity contribution in [2.45, 2.75) is 19.0 Å². The minimum Gasteiger partial charge on any atom is -0.480 e. The summed E-state index contributed by atoms with van der Waals surface area (Å²) in [5, 5.41) is 14.9. The second-order valence-corrected chi connectivity index (χ2v) is 4.83. The van der Waals surface area contributed by atoms with Gasteiger partial charge in [-0.15, -0.1) is 0 Å². The predicted molar refractivity (Wildman–Crippen MR) is 71.1 cm³/mol. The monoisotopic (exact) mass is 281 g/mol. The van der Waals surface area contributed by atoms with Crippen LogP contribution in [0.5, 0.6) is 0 Å². The van der Waals surface area contributed by atoms with Crippen LogP contribution in [0.4, 0.5) is 0 Å². The summed E-state index contributed by atoms with van der Waals surface area (Å²) in [4.78, 5) is 24.8. The molecule has 7 nitrogen and oxygen atoms in total. The van der Waals surface area contributed by atoms with E-state index in [4.69, 9.17) is 9.52 Å². The number of piperazine rings is 1. The van der Waals surface area contributed by atoms with Crippen LogP contribution in [0.15, 0.2) is 22.8 Å². The molecule has 0 bridgehead atoms. The number of carboxylic acids is 1. The van der Waals surface area contributed by atoms with Gasteiger partial charge in [-0.2, -0.15) is 0 Å². The van der Waals surface area contributed by atoms with E-state index in [2.05, 4.69) is 10.6 Å². The van der Waals surface area contributed by atoms with Crippen LogP contribution in [0.25, 0.3) is 0 Å². The molecule has 1 aliphatic heterocycles. The Bertz CT molecular complexity index is 460. The Morgan fingerprint density at radius 3 is 3.10 bits per heavy atom. The average molecular weight is 281 g/mol. The number of hydrogen-bond acceptors (Lipinski definition) is 5. The molecule has 1 aromatic rings. The van der Waals surface area contributed by atoms with Crippen molar-refractivity contribution in [2.75, 3.05) is 26.2 Å². The first kappa shape index (κ1) is 14.5. The van der Waals surface area contributed by atoms with Crippen LogP contribution in [0.2, 0.25) is 0 Å². The van der Waals surface area contributed by atoms with Crippen LogP contribution in [0.1, 0.15) is 18.7 Å². The van der Waals surface area contributed by atoms with E-state index in [0.29, 0.717) is 25.4 Å². The van der Waals surface area contributed by atoms with Gasteiger partial charge >= 0.3 is 5.97 Å². The lowest BCUT2D eigenvalue weighted by Crippen LogP contribution is -2.57. The maximum absolute atomic E-state index is 12.0. The van der Waals surface area contributed by atoms with Crippen molar-refractivity contribution >= 4 is 11.9 Å². The number of carbonyl (C=O) groups excluding carboxylic acids is 1. The highest BCUT2D eigenvalue weighted by atomic mass is 16.4. The summed E-state index contributed by atoms with van der Waals surface area (Å²) in [6.07, 6.45) is 1.55. The minimum absolute atomic E-state index is 0.0731. The van der Waals surface area contributed by atoms with E-state index in [1.54, 1.807) is 23.3 Å². The van der Waals surface area contributed by atoms with Crippen molar-refractivity contribution in [3.63, 3.8) is 0 Å². The maximum Gasteiger partial charge on any atom is 0.322 e. The van der Waals surface area contributed by atoms with E-state index in [9.17, 15) is 9.59 Å². The highest BCUT2D eigenvalue weighted by Gasteiger charge is 2.29. The third kappa shape index (κ3) is 3.58. The fourth-order valence-corrected chi connectivity index (χ4v) is 2.26. The Labute approximate surface area is 116 Å². The van der Waals surface area contributed by atoms with Crippen molar-refractivity contribution in [1.82, 2.24) is 15.5 Å². The van der Waals surface area contributed by atoms with E-state index < -0.39 is 12.0 Å². The second-order valence-electron chi connectivity index (χ2n) is 4.83. The van der Waals surface area contributed by atoms with Gasteiger partial charge in [-0.25, -0.2) is 0 Å². The lowest BCUT2D eigenvalue weighted by atomic mass is 10.2. The molecule has 2 heterocycles. The van der Waals surface area contributed by atoms with Gasteiger partial charge in [-0.05, 0) is 19.1 Å². The standard InChI is InChI=1S/C13H19N3O4/c1-9(11-3-2-6-20-11)15-12(17)8-16-5-4-14-7-10(16)13(18)19/h2-3,6,9-10,14H,4-5,7-8H2,1H3,(H,15,17)(H,18,19). The molecule has 0 saturated carbocycles. The molecule has 2 atom stereocenters. The number of carbonyl (C=O) groups is 2. The number of nitrogens with zero attached hydrogens (tertiary/aromatic N) is 1. The zero-order valence-electron chi connectivity index (χ0n) is 11.3. The van der Waals surface area contributed by atoms with Gasteiger partial charge in [-0.3, -0.25) is 14.5 Å². The molecular weight excluding hydrogens is 262 g/mol. The molecule has 1 saturated heterocycles. The summed E-state index contributed by atoms with van der Waals surface area (Å²) in [5.41, 5.74) is 0. The zero-order valence-corrected chi connectivity index (χ0v) is 11.3. The molecule has 3 N–H and O–H groups in total. The average Bonchev–Trinajstić information content (AvgIpc) is 2.92. The van der Waals surface area contributed by atoms with Crippen LogP contribution in [-0.4, -0.2) is 54.1 Å². The Hall–Kier alpha value is -1.86. The molecule has 110 valence electrons. The van der Waals surface area contributed by atoms with E-state index >= 15 is 0 Å². The number of furan rings is 1. The summed E-state index contributed by atoms with van der Waals surface area (Å²) < 4.78 is 5.21. The third-order valence-electron chi connectivity index (χ3n) is 3.33. The number of nitrogens with one attached hydrogen (secondary N) is 2. The molecule has 0 aromatic carbocycles. The lowest BCUT2D eigenvalue weighted by molar-refractivity contribution is -0.144. The summed E-state index contributed by atoms with van der Waals surface area (Å²) in [6.45, 7) is 3.48. The highest BCUT2D eigenvalue weighted by molar-refractivity contribution is 5.80. The first-order valence-corrected chi connectivity index (χ1v) is 6.58. The SMILES string of the molecule is CC(NC(=O)CN1CCNCC1C(=O)O)c1ccco1.